The van der Waals surface area contributed by atoms with Gasteiger partial charge in [0.1, 0.15) is 5.39 Å². The van der Waals surface area contributed by atoms with Gasteiger partial charge >= 0.3 is 5.69 Å². The summed E-state index contributed by atoms with van der Waals surface area (Å²) >= 11 is 0. The van der Waals surface area contributed by atoms with E-state index in [9.17, 15) is 14.4 Å². The van der Waals surface area contributed by atoms with Crippen LogP contribution in [0, 0.1) is 0 Å². The quantitative estimate of drug-likeness (QED) is 0.537. The molecule has 0 bridgehead atoms. The molecular formula is C25H24N4O3. The van der Waals surface area contributed by atoms with Crippen molar-refractivity contribution < 1.29 is 4.79 Å². The van der Waals surface area contributed by atoms with Gasteiger partial charge < -0.3 is 5.32 Å². The van der Waals surface area contributed by atoms with Crippen molar-refractivity contribution in [3.63, 3.8) is 0 Å². The van der Waals surface area contributed by atoms with Crippen LogP contribution < -0.4 is 16.6 Å². The summed E-state index contributed by atoms with van der Waals surface area (Å²) in [5.74, 6) is -0.334. The van der Waals surface area contributed by atoms with Gasteiger partial charge in [0.25, 0.3) is 11.5 Å². The number of carbonyl (C=O) groups excluding carboxylic acids is 1. The van der Waals surface area contributed by atoms with E-state index in [4.69, 9.17) is 0 Å². The van der Waals surface area contributed by atoms with Crippen molar-refractivity contribution in [3.05, 3.63) is 92.8 Å². The lowest BCUT2D eigenvalue weighted by Crippen LogP contribution is -2.38. The lowest BCUT2D eigenvalue weighted by Gasteiger charge is -2.17. The lowest BCUT2D eigenvalue weighted by molar-refractivity contribution is 0.102. The van der Waals surface area contributed by atoms with Crippen LogP contribution in [0.25, 0.3) is 22.2 Å². The molecule has 0 aliphatic rings. The first-order chi connectivity index (χ1) is 15.3. The third-order valence-electron chi connectivity index (χ3n) is 5.61. The van der Waals surface area contributed by atoms with Gasteiger partial charge in [-0.15, -0.1) is 0 Å². The van der Waals surface area contributed by atoms with Gasteiger partial charge in [0.2, 0.25) is 0 Å². The summed E-state index contributed by atoms with van der Waals surface area (Å²) in [6.07, 6.45) is 1.61. The number of carbonyl (C=O) groups is 1. The molecule has 0 aliphatic carbocycles. The van der Waals surface area contributed by atoms with E-state index in [-0.39, 0.29) is 22.9 Å². The molecule has 0 fully saturated rings. The average molecular weight is 428 g/mol. The Morgan fingerprint density at radius 1 is 0.906 bits per heavy atom. The number of hydrogen-bond donors (Lipinski definition) is 1. The predicted molar refractivity (Wildman–Crippen MR) is 126 cm³/mol. The van der Waals surface area contributed by atoms with E-state index < -0.39 is 11.2 Å². The Morgan fingerprint density at radius 3 is 2.16 bits per heavy atom. The highest BCUT2D eigenvalue weighted by molar-refractivity contribution is 6.09. The van der Waals surface area contributed by atoms with Crippen molar-refractivity contribution in [2.24, 2.45) is 14.1 Å². The number of aryl methyl sites for hydroxylation is 1. The zero-order valence-corrected chi connectivity index (χ0v) is 18.4. The molecule has 162 valence electrons. The minimum Gasteiger partial charge on any atom is -0.321 e. The third-order valence-corrected chi connectivity index (χ3v) is 5.61. The molecule has 4 rings (SSSR count). The highest BCUT2D eigenvalue weighted by Gasteiger charge is 2.20. The van der Waals surface area contributed by atoms with E-state index >= 15 is 0 Å². The van der Waals surface area contributed by atoms with E-state index in [1.807, 2.05) is 56.3 Å². The maximum atomic E-state index is 13.1. The summed E-state index contributed by atoms with van der Waals surface area (Å²) in [5.41, 5.74) is 2.91. The molecular weight excluding hydrogens is 404 g/mol. The fraction of sp³-hybridized carbons (Fsp3) is 0.200. The van der Waals surface area contributed by atoms with Crippen LogP contribution in [0.4, 0.5) is 5.69 Å². The van der Waals surface area contributed by atoms with Gasteiger partial charge in [-0.3, -0.25) is 18.7 Å². The zero-order valence-electron chi connectivity index (χ0n) is 18.4. The summed E-state index contributed by atoms with van der Waals surface area (Å²) in [6, 6.07) is 17.2. The zero-order chi connectivity index (χ0) is 23.0. The number of pyridine rings is 1. The van der Waals surface area contributed by atoms with E-state index in [1.54, 1.807) is 25.4 Å². The fourth-order valence-corrected chi connectivity index (χ4v) is 3.75. The van der Waals surface area contributed by atoms with Gasteiger partial charge in [-0.05, 0) is 34.7 Å². The molecule has 0 saturated carbocycles. The molecule has 0 aliphatic heterocycles. The summed E-state index contributed by atoms with van der Waals surface area (Å²) in [4.78, 5) is 42.8. The minimum atomic E-state index is -0.493. The van der Waals surface area contributed by atoms with Gasteiger partial charge in [0.05, 0.1) is 5.69 Å². The summed E-state index contributed by atoms with van der Waals surface area (Å²) in [6.45, 7) is 3.92. The predicted octanol–water partition coefficient (Wildman–Crippen LogP) is 3.67. The van der Waals surface area contributed by atoms with E-state index in [1.165, 1.54) is 11.6 Å². The maximum absolute atomic E-state index is 13.1. The van der Waals surface area contributed by atoms with Gasteiger partial charge in [0.15, 0.2) is 5.65 Å². The number of aromatic nitrogens is 3. The first kappa shape index (κ1) is 21.2. The van der Waals surface area contributed by atoms with Crippen LogP contribution in [0.15, 0.2) is 70.4 Å². The molecule has 0 radical (unpaired) electrons. The Hall–Kier alpha value is -4.00. The number of hydrogen-bond acceptors (Lipinski definition) is 4. The normalized spacial score (nSPS) is 11.2. The van der Waals surface area contributed by atoms with Crippen LogP contribution in [0.1, 0.15) is 35.7 Å². The Morgan fingerprint density at radius 2 is 1.53 bits per heavy atom. The second-order valence-corrected chi connectivity index (χ2v) is 8.05. The van der Waals surface area contributed by atoms with Crippen molar-refractivity contribution in [1.29, 1.82) is 0 Å². The van der Waals surface area contributed by atoms with Gasteiger partial charge in [-0.25, -0.2) is 9.78 Å². The Kier molecular flexibility index (Phi) is 5.48. The van der Waals surface area contributed by atoms with Crippen LogP contribution in [0.5, 0.6) is 0 Å². The number of nitrogens with one attached hydrogen (secondary N) is 1. The van der Waals surface area contributed by atoms with Crippen molar-refractivity contribution in [2.45, 2.75) is 19.8 Å². The van der Waals surface area contributed by atoms with E-state index in [0.29, 0.717) is 11.3 Å². The smallest absolute Gasteiger partial charge is 0.321 e. The van der Waals surface area contributed by atoms with Crippen molar-refractivity contribution in [2.75, 3.05) is 5.32 Å². The van der Waals surface area contributed by atoms with Crippen LogP contribution in [-0.4, -0.2) is 20.0 Å². The van der Waals surface area contributed by atoms with Crippen LogP contribution >= 0.6 is 0 Å². The standard InChI is InChI=1S/C25H24N4O3/c1-15(2)19-14-26-22-20(24(31)29(4)25(32)28(22)3)21(19)27-23(30)18-12-10-17(11-13-18)16-8-6-5-7-9-16/h5-15H,1-4H3,(H,26,27,30). The number of anilines is 1. The Labute approximate surface area is 185 Å². The first-order valence-corrected chi connectivity index (χ1v) is 10.3. The molecule has 1 N–H and O–H groups in total. The molecule has 0 saturated heterocycles. The highest BCUT2D eigenvalue weighted by Crippen LogP contribution is 2.29. The third kappa shape index (κ3) is 3.62. The molecule has 2 aromatic heterocycles. The number of fused-ring (bicyclic) bond motifs is 1. The molecule has 7 heteroatoms. The highest BCUT2D eigenvalue weighted by atomic mass is 16.2. The Balaban J connectivity index is 1.80. The molecule has 7 nitrogen and oxygen atoms in total. The number of amides is 1. The fourth-order valence-electron chi connectivity index (χ4n) is 3.75. The van der Waals surface area contributed by atoms with Crippen molar-refractivity contribution >= 4 is 22.6 Å². The van der Waals surface area contributed by atoms with E-state index in [0.717, 1.165) is 21.3 Å². The molecule has 1 amide bonds. The van der Waals surface area contributed by atoms with Gasteiger partial charge in [-0.1, -0.05) is 56.3 Å². The second-order valence-electron chi connectivity index (χ2n) is 8.05. The maximum Gasteiger partial charge on any atom is 0.332 e. The largest absolute Gasteiger partial charge is 0.332 e. The van der Waals surface area contributed by atoms with Gasteiger partial charge in [-0.2, -0.15) is 0 Å². The number of benzene rings is 2. The van der Waals surface area contributed by atoms with Gasteiger partial charge in [0, 0.05) is 25.9 Å². The molecule has 2 aromatic carbocycles. The molecule has 2 heterocycles. The molecule has 0 atom stereocenters. The molecule has 0 spiro atoms. The molecule has 32 heavy (non-hydrogen) atoms. The summed E-state index contributed by atoms with van der Waals surface area (Å²) in [5, 5.41) is 3.14. The topological polar surface area (TPSA) is 86.0 Å². The lowest BCUT2D eigenvalue weighted by atomic mass is 10.0. The Bertz CT molecular complexity index is 1430. The average Bonchev–Trinajstić information content (AvgIpc) is 2.81. The van der Waals surface area contributed by atoms with Crippen LogP contribution in [0.3, 0.4) is 0 Å². The molecule has 4 aromatic rings. The van der Waals surface area contributed by atoms with Crippen molar-refractivity contribution in [3.8, 4) is 11.1 Å². The second kappa shape index (κ2) is 8.26. The van der Waals surface area contributed by atoms with E-state index in [2.05, 4.69) is 10.3 Å². The summed E-state index contributed by atoms with van der Waals surface area (Å²) in [7, 11) is 2.97. The van der Waals surface area contributed by atoms with Crippen LogP contribution in [-0.2, 0) is 14.1 Å². The van der Waals surface area contributed by atoms with Crippen LogP contribution in [0.2, 0.25) is 0 Å². The first-order valence-electron chi connectivity index (χ1n) is 10.3. The monoisotopic (exact) mass is 428 g/mol. The van der Waals surface area contributed by atoms with Crippen molar-refractivity contribution in [1.82, 2.24) is 14.1 Å². The number of nitrogens with zero attached hydrogens (tertiary/aromatic N) is 3. The molecule has 0 unspecified atom stereocenters. The minimum absolute atomic E-state index is 0.00426. The summed E-state index contributed by atoms with van der Waals surface area (Å²) < 4.78 is 2.34. The number of rotatable bonds is 4. The SMILES string of the molecule is CC(C)c1cnc2c(c1NC(=O)c1ccc(-c3ccccc3)cc1)c(=O)n(C)c(=O)n2C.